The normalized spacial score (nSPS) is 10.6. The molecule has 3 aromatic rings. The van der Waals surface area contributed by atoms with Gasteiger partial charge in [0.1, 0.15) is 5.01 Å². The van der Waals surface area contributed by atoms with Crippen LogP contribution in [-0.2, 0) is 11.3 Å². The van der Waals surface area contributed by atoms with E-state index in [0.717, 1.165) is 26.4 Å². The summed E-state index contributed by atoms with van der Waals surface area (Å²) in [6.07, 6.45) is 0. The van der Waals surface area contributed by atoms with Crippen molar-refractivity contribution < 1.29 is 9.59 Å². The van der Waals surface area contributed by atoms with Gasteiger partial charge in [-0.25, -0.2) is 4.98 Å². The van der Waals surface area contributed by atoms with E-state index in [-0.39, 0.29) is 18.4 Å². The van der Waals surface area contributed by atoms with Crippen LogP contribution in [0.4, 0.5) is 0 Å². The molecule has 1 heterocycles. The highest BCUT2D eigenvalue weighted by molar-refractivity contribution is 7.18. The Morgan fingerprint density at radius 3 is 2.60 bits per heavy atom. The zero-order valence-corrected chi connectivity index (χ0v) is 14.9. The molecular formula is C19H19N3O2S. The number of hydrogen-bond donors (Lipinski definition) is 2. The van der Waals surface area contributed by atoms with Crippen molar-refractivity contribution in [2.45, 2.75) is 20.4 Å². The number of thiazole rings is 1. The van der Waals surface area contributed by atoms with Gasteiger partial charge in [-0.15, -0.1) is 11.3 Å². The van der Waals surface area contributed by atoms with Gasteiger partial charge < -0.3 is 10.6 Å². The molecule has 0 saturated carbocycles. The van der Waals surface area contributed by atoms with Gasteiger partial charge in [-0.3, -0.25) is 9.59 Å². The highest BCUT2D eigenvalue weighted by Crippen LogP contribution is 2.21. The Morgan fingerprint density at radius 1 is 1.04 bits per heavy atom. The largest absolute Gasteiger partial charge is 0.348 e. The lowest BCUT2D eigenvalue weighted by Gasteiger charge is -2.07. The maximum atomic E-state index is 12.1. The van der Waals surface area contributed by atoms with Crippen LogP contribution in [-0.4, -0.2) is 23.3 Å². The molecule has 0 aliphatic rings. The first kappa shape index (κ1) is 17.1. The number of carbonyl (C=O) groups excluding carboxylic acids is 2. The third-order valence-corrected chi connectivity index (χ3v) is 4.99. The van der Waals surface area contributed by atoms with Crippen molar-refractivity contribution in [1.29, 1.82) is 0 Å². The molecule has 0 unspecified atom stereocenters. The number of fused-ring (bicyclic) bond motifs is 1. The molecule has 2 N–H and O–H groups in total. The van der Waals surface area contributed by atoms with Crippen molar-refractivity contribution in [3.63, 3.8) is 0 Å². The van der Waals surface area contributed by atoms with Crippen LogP contribution in [0, 0.1) is 13.8 Å². The van der Waals surface area contributed by atoms with Gasteiger partial charge in [-0.2, -0.15) is 0 Å². The first-order valence-electron chi connectivity index (χ1n) is 7.99. The van der Waals surface area contributed by atoms with Crippen molar-refractivity contribution >= 4 is 33.4 Å². The van der Waals surface area contributed by atoms with E-state index in [4.69, 9.17) is 0 Å². The Bertz CT molecular complexity index is 900. The molecule has 0 atom stereocenters. The van der Waals surface area contributed by atoms with Crippen molar-refractivity contribution in [1.82, 2.24) is 15.6 Å². The van der Waals surface area contributed by atoms with Gasteiger partial charge in [-0.05, 0) is 49.2 Å². The van der Waals surface area contributed by atoms with Crippen LogP contribution in [0.2, 0.25) is 0 Å². The van der Waals surface area contributed by atoms with Gasteiger partial charge >= 0.3 is 0 Å². The number of nitrogens with zero attached hydrogens (tertiary/aromatic N) is 1. The monoisotopic (exact) mass is 353 g/mol. The molecule has 5 nitrogen and oxygen atoms in total. The third kappa shape index (κ3) is 4.22. The summed E-state index contributed by atoms with van der Waals surface area (Å²) in [7, 11) is 0. The second-order valence-corrected chi connectivity index (χ2v) is 6.95. The molecule has 2 aromatic carbocycles. The molecule has 128 valence electrons. The van der Waals surface area contributed by atoms with Crippen molar-refractivity contribution in [3.05, 3.63) is 64.2 Å². The second-order valence-electron chi connectivity index (χ2n) is 5.83. The number of amides is 2. The van der Waals surface area contributed by atoms with Crippen LogP contribution in [0.1, 0.15) is 26.5 Å². The number of nitrogens with one attached hydrogen (secondary N) is 2. The van der Waals surface area contributed by atoms with Crippen LogP contribution < -0.4 is 10.6 Å². The van der Waals surface area contributed by atoms with Gasteiger partial charge in [0, 0.05) is 5.56 Å². The molecule has 3 rings (SSSR count). The highest BCUT2D eigenvalue weighted by Gasteiger charge is 2.10. The number of rotatable bonds is 5. The number of hydrogen-bond acceptors (Lipinski definition) is 4. The summed E-state index contributed by atoms with van der Waals surface area (Å²) >= 11 is 1.55. The summed E-state index contributed by atoms with van der Waals surface area (Å²) in [5.41, 5.74) is 3.67. The Labute approximate surface area is 150 Å². The molecule has 0 fully saturated rings. The molecule has 2 amide bonds. The molecule has 6 heteroatoms. The average Bonchev–Trinajstić information content (AvgIpc) is 3.03. The Balaban J connectivity index is 1.50. The van der Waals surface area contributed by atoms with Gasteiger partial charge in [0.05, 0.1) is 23.3 Å². The van der Waals surface area contributed by atoms with Gasteiger partial charge in [0.25, 0.3) is 5.91 Å². The fourth-order valence-corrected chi connectivity index (χ4v) is 3.28. The minimum absolute atomic E-state index is 0.0589. The lowest BCUT2D eigenvalue weighted by Crippen LogP contribution is -2.36. The molecule has 0 radical (unpaired) electrons. The zero-order valence-electron chi connectivity index (χ0n) is 14.1. The van der Waals surface area contributed by atoms with E-state index < -0.39 is 0 Å². The Hall–Kier alpha value is -2.73. The summed E-state index contributed by atoms with van der Waals surface area (Å²) in [6.45, 7) is 4.25. The van der Waals surface area contributed by atoms with Crippen LogP contribution in [0.15, 0.2) is 42.5 Å². The predicted octanol–water partition coefficient (Wildman–Crippen LogP) is 2.96. The van der Waals surface area contributed by atoms with E-state index >= 15 is 0 Å². The number of carbonyl (C=O) groups is 2. The lowest BCUT2D eigenvalue weighted by molar-refractivity contribution is -0.120. The fourth-order valence-electron chi connectivity index (χ4n) is 2.38. The SMILES string of the molecule is Cc1ccc(C(=O)NCC(=O)NCc2nc3ccccc3s2)cc1C. The number of para-hydroxylation sites is 1. The molecule has 0 saturated heterocycles. The van der Waals surface area contributed by atoms with Gasteiger partial charge in [0.2, 0.25) is 5.91 Å². The second kappa shape index (κ2) is 7.44. The standard InChI is InChI=1S/C19H19N3O2S/c1-12-7-8-14(9-13(12)2)19(24)21-10-17(23)20-11-18-22-15-5-3-4-6-16(15)25-18/h3-9H,10-11H2,1-2H3,(H,20,23)(H,21,24). The van der Waals surface area contributed by atoms with E-state index in [0.29, 0.717) is 12.1 Å². The number of aryl methyl sites for hydroxylation is 2. The molecule has 1 aromatic heterocycles. The summed E-state index contributed by atoms with van der Waals surface area (Å²) in [6, 6.07) is 13.3. The molecule has 0 aliphatic heterocycles. The molecular weight excluding hydrogens is 334 g/mol. The Kier molecular flexibility index (Phi) is 5.09. The molecule has 0 aliphatic carbocycles. The van der Waals surface area contributed by atoms with E-state index in [9.17, 15) is 9.59 Å². The minimum atomic E-state index is -0.252. The quantitative estimate of drug-likeness (QED) is 0.741. The molecule has 0 spiro atoms. The summed E-state index contributed by atoms with van der Waals surface area (Å²) in [5.74, 6) is -0.491. The maximum Gasteiger partial charge on any atom is 0.251 e. The lowest BCUT2D eigenvalue weighted by atomic mass is 10.1. The van der Waals surface area contributed by atoms with Crippen molar-refractivity contribution in [3.8, 4) is 0 Å². The summed E-state index contributed by atoms with van der Waals surface area (Å²) < 4.78 is 1.09. The Morgan fingerprint density at radius 2 is 1.84 bits per heavy atom. The summed E-state index contributed by atoms with van der Waals surface area (Å²) in [4.78, 5) is 28.5. The van der Waals surface area contributed by atoms with Gasteiger partial charge in [-0.1, -0.05) is 18.2 Å². The van der Waals surface area contributed by atoms with Crippen LogP contribution in [0.25, 0.3) is 10.2 Å². The van der Waals surface area contributed by atoms with E-state index in [1.54, 1.807) is 17.4 Å². The number of aromatic nitrogens is 1. The van der Waals surface area contributed by atoms with Crippen LogP contribution >= 0.6 is 11.3 Å². The average molecular weight is 353 g/mol. The van der Waals surface area contributed by atoms with E-state index in [2.05, 4.69) is 15.6 Å². The minimum Gasteiger partial charge on any atom is -0.348 e. The van der Waals surface area contributed by atoms with E-state index in [1.807, 2.05) is 50.2 Å². The zero-order chi connectivity index (χ0) is 17.8. The highest BCUT2D eigenvalue weighted by atomic mass is 32.1. The van der Waals surface area contributed by atoms with Crippen molar-refractivity contribution in [2.75, 3.05) is 6.54 Å². The smallest absolute Gasteiger partial charge is 0.251 e. The first-order valence-corrected chi connectivity index (χ1v) is 8.81. The predicted molar refractivity (Wildman–Crippen MR) is 99.7 cm³/mol. The first-order chi connectivity index (χ1) is 12.0. The fraction of sp³-hybridized carbons (Fsp3) is 0.211. The van der Waals surface area contributed by atoms with E-state index in [1.165, 1.54) is 0 Å². The summed E-state index contributed by atoms with van der Waals surface area (Å²) in [5, 5.41) is 6.26. The van der Waals surface area contributed by atoms with Crippen LogP contribution in [0.5, 0.6) is 0 Å². The van der Waals surface area contributed by atoms with Crippen LogP contribution in [0.3, 0.4) is 0 Å². The number of benzene rings is 2. The maximum absolute atomic E-state index is 12.1. The molecule has 0 bridgehead atoms. The third-order valence-electron chi connectivity index (χ3n) is 3.95. The topological polar surface area (TPSA) is 71.1 Å². The van der Waals surface area contributed by atoms with Crippen molar-refractivity contribution in [2.24, 2.45) is 0 Å². The molecule has 25 heavy (non-hydrogen) atoms. The van der Waals surface area contributed by atoms with Gasteiger partial charge in [0.15, 0.2) is 0 Å².